The van der Waals surface area contributed by atoms with Gasteiger partial charge in [0.25, 0.3) is 5.91 Å². The lowest BCUT2D eigenvalue weighted by atomic mass is 10.0. The Labute approximate surface area is 233 Å². The number of unbranched alkanes of at least 4 members (excludes halogenated alkanes) is 3. The van der Waals surface area contributed by atoms with Crippen molar-refractivity contribution in [2.24, 2.45) is 0 Å². The molecule has 0 bridgehead atoms. The number of nitrogens with one attached hydrogen (secondary N) is 1. The molecule has 1 atom stereocenters. The quantitative estimate of drug-likeness (QED) is 0.250. The largest absolute Gasteiger partial charge is 0.464 e. The molecule has 0 spiro atoms. The Bertz CT molecular complexity index is 1010. The third-order valence-corrected chi connectivity index (χ3v) is 7.42. The highest BCUT2D eigenvalue weighted by Gasteiger charge is 2.29. The number of rotatable bonds is 15. The van der Waals surface area contributed by atoms with Gasteiger partial charge in [-0.15, -0.1) is 0 Å². The third kappa shape index (κ3) is 10.1. The molecule has 2 aromatic carbocycles. The van der Waals surface area contributed by atoms with Gasteiger partial charge in [-0.2, -0.15) is 0 Å². The molecule has 1 heterocycles. The van der Waals surface area contributed by atoms with Crippen molar-refractivity contribution in [3.8, 4) is 0 Å². The van der Waals surface area contributed by atoms with E-state index < -0.39 is 12.0 Å². The maximum atomic E-state index is 13.3. The average Bonchev–Trinajstić information content (AvgIpc) is 2.97. The van der Waals surface area contributed by atoms with Gasteiger partial charge >= 0.3 is 5.97 Å². The van der Waals surface area contributed by atoms with Gasteiger partial charge in [0, 0.05) is 44.2 Å². The van der Waals surface area contributed by atoms with Gasteiger partial charge in [0.2, 0.25) is 5.91 Å². The van der Waals surface area contributed by atoms with Gasteiger partial charge in [-0.1, -0.05) is 74.7 Å². The van der Waals surface area contributed by atoms with E-state index in [2.05, 4.69) is 41.4 Å². The highest BCUT2D eigenvalue weighted by atomic mass is 16.5. The predicted octanol–water partition coefficient (Wildman–Crippen LogP) is 5.20. The van der Waals surface area contributed by atoms with Gasteiger partial charge in [-0.25, -0.2) is 4.79 Å². The van der Waals surface area contributed by atoms with Crippen LogP contribution >= 0.6 is 0 Å². The molecule has 2 aromatic rings. The van der Waals surface area contributed by atoms with Crippen molar-refractivity contribution in [2.75, 3.05) is 26.2 Å². The molecule has 7 nitrogen and oxygen atoms in total. The summed E-state index contributed by atoms with van der Waals surface area (Å²) in [6.07, 6.45) is 6.26. The summed E-state index contributed by atoms with van der Waals surface area (Å²) in [6.45, 7) is 7.92. The van der Waals surface area contributed by atoms with Gasteiger partial charge in [-0.3, -0.25) is 14.5 Å². The molecule has 212 valence electrons. The first-order valence-electron chi connectivity index (χ1n) is 14.6. The second-order valence-electron chi connectivity index (χ2n) is 10.3. The Balaban J connectivity index is 1.53. The van der Waals surface area contributed by atoms with Crippen LogP contribution in [0.15, 0.2) is 60.7 Å². The van der Waals surface area contributed by atoms with E-state index in [1.165, 1.54) is 5.56 Å². The molecule has 2 amide bonds. The normalized spacial score (nSPS) is 14.9. The van der Waals surface area contributed by atoms with E-state index in [9.17, 15) is 14.4 Å². The lowest BCUT2D eigenvalue weighted by molar-refractivity contribution is -0.146. The number of ether oxygens (including phenoxy) is 1. The molecular formula is C32H45N3O4. The van der Waals surface area contributed by atoms with Crippen molar-refractivity contribution in [1.29, 1.82) is 0 Å². The summed E-state index contributed by atoms with van der Waals surface area (Å²) < 4.78 is 5.50. The summed E-state index contributed by atoms with van der Waals surface area (Å²) in [5.41, 5.74) is 1.78. The van der Waals surface area contributed by atoms with Crippen LogP contribution in [0.1, 0.15) is 81.1 Å². The fourth-order valence-electron chi connectivity index (χ4n) is 5.16. The van der Waals surface area contributed by atoms with Crippen molar-refractivity contribution in [2.45, 2.75) is 83.8 Å². The zero-order valence-electron chi connectivity index (χ0n) is 23.6. The first kappa shape index (κ1) is 30.4. The Morgan fingerprint density at radius 2 is 1.62 bits per heavy atom. The number of hydrogen-bond donors (Lipinski definition) is 1. The van der Waals surface area contributed by atoms with E-state index in [-0.39, 0.29) is 30.7 Å². The predicted molar refractivity (Wildman–Crippen MR) is 154 cm³/mol. The molecule has 0 saturated carbocycles. The summed E-state index contributed by atoms with van der Waals surface area (Å²) in [4.78, 5) is 43.4. The standard InChI is InChI=1S/C32H45N3O4/c1-3-5-6-13-24-39-32(38)29(33-31(37)27-16-11-8-12-17-27)18-19-30(36)35(4-2)28-20-22-34(23-21-28)25-26-14-9-7-10-15-26/h7-12,14-17,28-29H,3-6,13,18-25H2,1-2H3,(H,33,37). The van der Waals surface area contributed by atoms with E-state index in [1.54, 1.807) is 24.3 Å². The lowest BCUT2D eigenvalue weighted by Gasteiger charge is -2.38. The van der Waals surface area contributed by atoms with Gasteiger partial charge in [0.1, 0.15) is 6.04 Å². The highest BCUT2D eigenvalue weighted by Crippen LogP contribution is 2.20. The van der Waals surface area contributed by atoms with Crippen molar-refractivity contribution >= 4 is 17.8 Å². The first-order chi connectivity index (χ1) is 19.0. The van der Waals surface area contributed by atoms with E-state index in [0.29, 0.717) is 18.7 Å². The molecule has 1 unspecified atom stereocenters. The zero-order valence-corrected chi connectivity index (χ0v) is 23.6. The Kier molecular flexibility index (Phi) is 13.0. The number of carbonyl (C=O) groups excluding carboxylic acids is 3. The number of benzene rings is 2. The zero-order chi connectivity index (χ0) is 27.9. The number of carbonyl (C=O) groups is 3. The number of likely N-dealkylation sites (tertiary alicyclic amines) is 1. The minimum Gasteiger partial charge on any atom is -0.464 e. The Hall–Kier alpha value is -3.19. The van der Waals surface area contributed by atoms with E-state index in [4.69, 9.17) is 4.74 Å². The third-order valence-electron chi connectivity index (χ3n) is 7.42. The number of amides is 2. The van der Waals surface area contributed by atoms with Crippen molar-refractivity contribution < 1.29 is 19.1 Å². The number of nitrogens with zero attached hydrogens (tertiary/aromatic N) is 2. The number of esters is 1. The van der Waals surface area contributed by atoms with Crippen LogP contribution in [0.5, 0.6) is 0 Å². The molecule has 1 fully saturated rings. The van der Waals surface area contributed by atoms with Crippen molar-refractivity contribution in [3.63, 3.8) is 0 Å². The summed E-state index contributed by atoms with van der Waals surface area (Å²) in [5, 5.41) is 2.82. The fraction of sp³-hybridized carbons (Fsp3) is 0.531. The van der Waals surface area contributed by atoms with Crippen LogP contribution in [-0.2, 0) is 20.9 Å². The second-order valence-corrected chi connectivity index (χ2v) is 10.3. The van der Waals surface area contributed by atoms with Gasteiger partial charge in [0.15, 0.2) is 0 Å². The highest BCUT2D eigenvalue weighted by molar-refractivity contribution is 5.96. The van der Waals surface area contributed by atoms with Crippen molar-refractivity contribution in [1.82, 2.24) is 15.1 Å². The monoisotopic (exact) mass is 535 g/mol. The topological polar surface area (TPSA) is 79.0 Å². The SMILES string of the molecule is CCCCCCOC(=O)C(CCC(=O)N(CC)C1CCN(Cc2ccccc2)CC1)NC(=O)c1ccccc1. The van der Waals surface area contributed by atoms with E-state index >= 15 is 0 Å². The molecule has 7 heteroatoms. The second kappa shape index (κ2) is 16.7. The molecule has 0 aromatic heterocycles. The molecule has 1 saturated heterocycles. The Morgan fingerprint density at radius 3 is 2.26 bits per heavy atom. The first-order valence-corrected chi connectivity index (χ1v) is 14.6. The molecule has 1 aliphatic rings. The summed E-state index contributed by atoms with van der Waals surface area (Å²) in [6, 6.07) is 18.6. The molecular weight excluding hydrogens is 490 g/mol. The van der Waals surface area contributed by atoms with Crippen LogP contribution in [0, 0.1) is 0 Å². The fourth-order valence-corrected chi connectivity index (χ4v) is 5.16. The number of piperidine rings is 1. The molecule has 0 radical (unpaired) electrons. The van der Waals surface area contributed by atoms with Crippen LogP contribution in [0.2, 0.25) is 0 Å². The lowest BCUT2D eigenvalue weighted by Crippen LogP contribution is -2.48. The van der Waals surface area contributed by atoms with Crippen LogP contribution in [0.25, 0.3) is 0 Å². The molecule has 1 N–H and O–H groups in total. The summed E-state index contributed by atoms with van der Waals surface area (Å²) in [5.74, 6) is -0.788. The summed E-state index contributed by atoms with van der Waals surface area (Å²) in [7, 11) is 0. The average molecular weight is 536 g/mol. The minimum atomic E-state index is -0.862. The van der Waals surface area contributed by atoms with E-state index in [0.717, 1.165) is 58.2 Å². The van der Waals surface area contributed by atoms with Crippen molar-refractivity contribution in [3.05, 3.63) is 71.8 Å². The van der Waals surface area contributed by atoms with E-state index in [1.807, 2.05) is 24.0 Å². The summed E-state index contributed by atoms with van der Waals surface area (Å²) >= 11 is 0. The maximum Gasteiger partial charge on any atom is 0.328 e. The van der Waals surface area contributed by atoms with Crippen LogP contribution in [0.4, 0.5) is 0 Å². The van der Waals surface area contributed by atoms with Crippen LogP contribution < -0.4 is 5.32 Å². The molecule has 1 aliphatic heterocycles. The van der Waals surface area contributed by atoms with Gasteiger partial charge < -0.3 is 15.0 Å². The molecule has 0 aliphatic carbocycles. The van der Waals surface area contributed by atoms with Gasteiger partial charge in [-0.05, 0) is 50.3 Å². The maximum absolute atomic E-state index is 13.3. The molecule has 3 rings (SSSR count). The minimum absolute atomic E-state index is 0.0220. The number of hydrogen-bond acceptors (Lipinski definition) is 5. The van der Waals surface area contributed by atoms with Crippen LogP contribution in [0.3, 0.4) is 0 Å². The smallest absolute Gasteiger partial charge is 0.328 e. The molecule has 39 heavy (non-hydrogen) atoms. The van der Waals surface area contributed by atoms with Crippen LogP contribution in [-0.4, -0.2) is 65.9 Å². The Morgan fingerprint density at radius 1 is 0.949 bits per heavy atom. The van der Waals surface area contributed by atoms with Gasteiger partial charge in [0.05, 0.1) is 6.61 Å².